The maximum Gasteiger partial charge on any atom is 1.00 e. The molecule has 0 aromatic rings. The Morgan fingerprint density at radius 3 is 2.32 bits per heavy atom. The minimum Gasteiger partial charge on any atom is -0.444 e. The monoisotopic (exact) mass is 283 g/mol. The van der Waals surface area contributed by atoms with Gasteiger partial charge in [0.2, 0.25) is 0 Å². The fourth-order valence-corrected chi connectivity index (χ4v) is 2.02. The number of amides is 1. The number of nitrogens with zero attached hydrogens (tertiary/aromatic N) is 1. The summed E-state index contributed by atoms with van der Waals surface area (Å²) in [7, 11) is 0. The fraction of sp³-hybridized carbons (Fsp3) is 0.917. The Labute approximate surface area is 139 Å². The van der Waals surface area contributed by atoms with Crippen LogP contribution in [0.1, 0.15) is 27.2 Å². The van der Waals surface area contributed by atoms with Gasteiger partial charge in [0.15, 0.2) is 0 Å². The molecule has 0 aliphatic carbocycles. The average Bonchev–Trinajstić information content (AvgIpc) is 2.66. The van der Waals surface area contributed by atoms with E-state index in [2.05, 4.69) is 0 Å². The van der Waals surface area contributed by atoms with Gasteiger partial charge in [-0.3, -0.25) is 0 Å². The SMILES string of the molecule is CC(C)(C)OC(=O)N1CCC(C(CO)CO)C1.[BH4-].[Na+]. The van der Waals surface area contributed by atoms with Gasteiger partial charge in [0, 0.05) is 32.2 Å². The molecule has 19 heavy (non-hydrogen) atoms. The van der Waals surface area contributed by atoms with E-state index in [4.69, 9.17) is 14.9 Å². The first-order valence-electron chi connectivity index (χ1n) is 6.07. The Hall–Kier alpha value is 0.255. The van der Waals surface area contributed by atoms with E-state index in [9.17, 15) is 4.79 Å². The van der Waals surface area contributed by atoms with Crippen LogP contribution in [0.25, 0.3) is 0 Å². The van der Waals surface area contributed by atoms with E-state index in [1.54, 1.807) is 4.90 Å². The molecule has 1 unspecified atom stereocenters. The molecule has 7 heteroatoms. The van der Waals surface area contributed by atoms with Crippen LogP contribution in [-0.2, 0) is 4.74 Å². The van der Waals surface area contributed by atoms with Crippen LogP contribution in [0.15, 0.2) is 0 Å². The number of aliphatic hydroxyl groups is 2. The third-order valence-corrected chi connectivity index (χ3v) is 3.01. The minimum atomic E-state index is -0.484. The number of aliphatic hydroxyl groups excluding tert-OH is 2. The number of ether oxygens (including phenoxy) is 1. The van der Waals surface area contributed by atoms with Crippen molar-refractivity contribution in [3.8, 4) is 0 Å². The van der Waals surface area contributed by atoms with E-state index < -0.39 is 5.60 Å². The molecule has 1 amide bonds. The second-order valence-corrected chi connectivity index (χ2v) is 5.60. The van der Waals surface area contributed by atoms with Crippen molar-refractivity contribution in [1.82, 2.24) is 4.90 Å². The van der Waals surface area contributed by atoms with Gasteiger partial charge in [-0.05, 0) is 33.1 Å². The predicted octanol–water partition coefficient (Wildman–Crippen LogP) is -3.60. The van der Waals surface area contributed by atoms with Crippen molar-refractivity contribution in [3.05, 3.63) is 0 Å². The summed E-state index contributed by atoms with van der Waals surface area (Å²) in [5.41, 5.74) is -0.484. The molecule has 0 aromatic carbocycles. The van der Waals surface area contributed by atoms with Gasteiger partial charge in [0.05, 0.1) is 0 Å². The van der Waals surface area contributed by atoms with E-state index >= 15 is 0 Å². The van der Waals surface area contributed by atoms with Crippen molar-refractivity contribution in [3.63, 3.8) is 0 Å². The molecule has 1 rings (SSSR count). The Morgan fingerprint density at radius 1 is 1.37 bits per heavy atom. The van der Waals surface area contributed by atoms with E-state index in [1.807, 2.05) is 20.8 Å². The van der Waals surface area contributed by atoms with Gasteiger partial charge in [-0.25, -0.2) is 4.79 Å². The van der Waals surface area contributed by atoms with E-state index in [-0.39, 0.29) is 69.1 Å². The molecular weight excluding hydrogens is 256 g/mol. The first-order chi connectivity index (χ1) is 7.87. The number of hydrogen-bond donors (Lipinski definition) is 2. The first kappa shape index (κ1) is 21.6. The van der Waals surface area contributed by atoms with Gasteiger partial charge in [-0.15, -0.1) is 0 Å². The number of carbonyl (C=O) groups excluding carboxylic acids is 1. The number of likely N-dealkylation sites (tertiary alicyclic amines) is 1. The predicted molar refractivity (Wildman–Crippen MR) is 74.9 cm³/mol. The summed E-state index contributed by atoms with van der Waals surface area (Å²) in [4.78, 5) is 13.4. The first-order valence-corrected chi connectivity index (χ1v) is 6.07. The Bertz CT molecular complexity index is 269. The van der Waals surface area contributed by atoms with Crippen molar-refractivity contribution in [2.24, 2.45) is 11.8 Å². The summed E-state index contributed by atoms with van der Waals surface area (Å²) in [6, 6.07) is 0. The van der Waals surface area contributed by atoms with Crippen molar-refractivity contribution in [2.45, 2.75) is 32.8 Å². The quantitative estimate of drug-likeness (QED) is 0.525. The van der Waals surface area contributed by atoms with Gasteiger partial charge in [-0.1, -0.05) is 8.41 Å². The molecule has 108 valence electrons. The molecular formula is C12H27BNNaO4. The minimum absolute atomic E-state index is 0. The van der Waals surface area contributed by atoms with Crippen LogP contribution >= 0.6 is 0 Å². The summed E-state index contributed by atoms with van der Waals surface area (Å²) < 4.78 is 5.28. The molecule has 1 aliphatic rings. The molecule has 0 bridgehead atoms. The summed E-state index contributed by atoms with van der Waals surface area (Å²) in [6.45, 7) is 6.62. The largest absolute Gasteiger partial charge is 1.00 e. The average molecular weight is 283 g/mol. The van der Waals surface area contributed by atoms with Crippen LogP contribution in [-0.4, -0.2) is 61.5 Å². The summed E-state index contributed by atoms with van der Waals surface area (Å²) >= 11 is 0. The number of hydrogen-bond acceptors (Lipinski definition) is 4. The summed E-state index contributed by atoms with van der Waals surface area (Å²) in [5.74, 6) is 0.0277. The zero-order chi connectivity index (χ0) is 13.1. The third-order valence-electron chi connectivity index (χ3n) is 3.01. The molecule has 1 fully saturated rings. The van der Waals surface area contributed by atoms with Crippen LogP contribution in [0.4, 0.5) is 4.79 Å². The maximum absolute atomic E-state index is 11.8. The molecule has 5 nitrogen and oxygen atoms in total. The second kappa shape index (κ2) is 9.24. The molecule has 1 saturated heterocycles. The Kier molecular flexibility index (Phi) is 10.5. The van der Waals surface area contributed by atoms with Gasteiger partial charge in [0.25, 0.3) is 0 Å². The molecule has 1 heterocycles. The normalized spacial score (nSPS) is 18.8. The zero-order valence-corrected chi connectivity index (χ0v) is 13.8. The molecule has 0 radical (unpaired) electrons. The molecule has 1 atom stereocenters. The number of carbonyl (C=O) groups is 1. The van der Waals surface area contributed by atoms with Crippen molar-refractivity contribution >= 4 is 14.5 Å². The van der Waals surface area contributed by atoms with E-state index in [1.165, 1.54) is 0 Å². The van der Waals surface area contributed by atoms with Crippen LogP contribution in [0, 0.1) is 11.8 Å². The molecule has 0 saturated carbocycles. The molecule has 2 N–H and O–H groups in total. The van der Waals surface area contributed by atoms with Crippen LogP contribution in [0.3, 0.4) is 0 Å². The maximum atomic E-state index is 11.8. The van der Waals surface area contributed by atoms with Crippen LogP contribution in [0.5, 0.6) is 0 Å². The van der Waals surface area contributed by atoms with Gasteiger partial charge >= 0.3 is 35.7 Å². The van der Waals surface area contributed by atoms with Gasteiger partial charge < -0.3 is 19.8 Å². The van der Waals surface area contributed by atoms with Crippen LogP contribution in [0.2, 0.25) is 0 Å². The molecule has 1 aliphatic heterocycles. The van der Waals surface area contributed by atoms with Crippen LogP contribution < -0.4 is 29.6 Å². The fourth-order valence-electron chi connectivity index (χ4n) is 2.02. The standard InChI is InChI=1S/C12H23NO4.BH4.Na/c1-12(2,3)17-11(16)13-5-4-9(6-13)10(7-14)8-15;;/h9-10,14-15H,4-8H2,1-3H3;1H4;/q;-1;+1. The Balaban J connectivity index is 0. The Morgan fingerprint density at radius 2 is 1.89 bits per heavy atom. The van der Waals surface area contributed by atoms with E-state index in [0.717, 1.165) is 6.42 Å². The topological polar surface area (TPSA) is 70.0 Å². The van der Waals surface area contributed by atoms with E-state index in [0.29, 0.717) is 13.1 Å². The summed E-state index contributed by atoms with van der Waals surface area (Å²) in [6.07, 6.45) is 0.500. The van der Waals surface area contributed by atoms with Gasteiger partial charge in [-0.2, -0.15) is 0 Å². The smallest absolute Gasteiger partial charge is 0.444 e. The van der Waals surface area contributed by atoms with Crippen molar-refractivity contribution in [1.29, 1.82) is 0 Å². The van der Waals surface area contributed by atoms with Crippen molar-refractivity contribution < 1.29 is 49.3 Å². The number of rotatable bonds is 3. The second-order valence-electron chi connectivity index (χ2n) is 5.60. The summed E-state index contributed by atoms with van der Waals surface area (Å²) in [5, 5.41) is 18.2. The zero-order valence-electron chi connectivity index (χ0n) is 11.8. The molecule has 0 spiro atoms. The molecule has 0 aromatic heterocycles. The van der Waals surface area contributed by atoms with Gasteiger partial charge in [0.1, 0.15) is 5.60 Å². The third kappa shape index (κ3) is 7.00. The van der Waals surface area contributed by atoms with Crippen molar-refractivity contribution in [2.75, 3.05) is 26.3 Å².